The molecule has 0 spiro atoms. The Morgan fingerprint density at radius 1 is 1.17 bits per heavy atom. The van der Waals surface area contributed by atoms with Crippen LogP contribution >= 0.6 is 0 Å². The molecule has 160 valence electrons. The van der Waals surface area contributed by atoms with E-state index in [-0.39, 0.29) is 18.1 Å². The van der Waals surface area contributed by atoms with Crippen molar-refractivity contribution in [3.05, 3.63) is 41.9 Å². The average Bonchev–Trinajstić information content (AvgIpc) is 2.77. The molecule has 8 nitrogen and oxygen atoms in total. The molecule has 1 unspecified atom stereocenters. The zero-order valence-corrected chi connectivity index (χ0v) is 17.8. The predicted octanol–water partition coefficient (Wildman–Crippen LogP) is 2.58. The fraction of sp³-hybridized carbons (Fsp3) is 0.500. The number of hydrogen-bond acceptors (Lipinski definition) is 6. The zero-order valence-electron chi connectivity index (χ0n) is 17.8. The Morgan fingerprint density at radius 3 is 2.63 bits per heavy atom. The van der Waals surface area contributed by atoms with E-state index in [1.165, 1.54) is 0 Å². The highest BCUT2D eigenvalue weighted by Gasteiger charge is 2.25. The Hall–Kier alpha value is -3.03. The van der Waals surface area contributed by atoms with Crippen molar-refractivity contribution in [1.82, 2.24) is 20.2 Å². The van der Waals surface area contributed by atoms with Gasteiger partial charge in [0.15, 0.2) is 17.6 Å². The number of anilines is 1. The molecule has 2 amide bonds. The van der Waals surface area contributed by atoms with Crippen molar-refractivity contribution in [3.8, 4) is 11.5 Å². The quantitative estimate of drug-likeness (QED) is 0.833. The molecule has 4 rings (SSSR count). The van der Waals surface area contributed by atoms with Crippen LogP contribution in [0.3, 0.4) is 0 Å². The van der Waals surface area contributed by atoms with Gasteiger partial charge in [-0.1, -0.05) is 26.0 Å². The van der Waals surface area contributed by atoms with Crippen LogP contribution in [0.1, 0.15) is 31.3 Å². The second kappa shape index (κ2) is 8.77. The minimum Gasteiger partial charge on any atom is -0.486 e. The lowest BCUT2D eigenvalue weighted by Crippen LogP contribution is -2.53. The number of benzene rings is 1. The van der Waals surface area contributed by atoms with Crippen molar-refractivity contribution in [2.45, 2.75) is 32.8 Å². The molecule has 1 atom stereocenters. The van der Waals surface area contributed by atoms with Crippen LogP contribution < -0.4 is 19.7 Å². The van der Waals surface area contributed by atoms with E-state index >= 15 is 0 Å². The number of nitrogens with zero attached hydrogens (tertiary/aromatic N) is 4. The number of carbonyl (C=O) groups is 1. The average molecular weight is 412 g/mol. The zero-order chi connectivity index (χ0) is 21.1. The van der Waals surface area contributed by atoms with Crippen LogP contribution in [0.4, 0.5) is 10.6 Å². The summed E-state index contributed by atoms with van der Waals surface area (Å²) in [5.74, 6) is 3.56. The first-order valence-electron chi connectivity index (χ1n) is 10.5. The van der Waals surface area contributed by atoms with Crippen LogP contribution in [0.5, 0.6) is 11.5 Å². The van der Waals surface area contributed by atoms with E-state index in [2.05, 4.69) is 29.0 Å². The van der Waals surface area contributed by atoms with E-state index < -0.39 is 0 Å². The molecule has 1 aromatic heterocycles. The molecule has 0 saturated carbocycles. The van der Waals surface area contributed by atoms with Gasteiger partial charge < -0.3 is 24.6 Å². The first-order chi connectivity index (χ1) is 14.5. The number of rotatable bonds is 4. The second-order valence-electron chi connectivity index (χ2n) is 8.04. The molecule has 3 heterocycles. The summed E-state index contributed by atoms with van der Waals surface area (Å²) < 4.78 is 11.6. The molecule has 1 aromatic carbocycles. The normalized spacial score (nSPS) is 18.5. The lowest BCUT2D eigenvalue weighted by Gasteiger charge is -2.36. The maximum Gasteiger partial charge on any atom is 0.317 e. The van der Waals surface area contributed by atoms with Crippen molar-refractivity contribution < 1.29 is 14.3 Å². The Bertz CT molecular complexity index is 896. The fourth-order valence-corrected chi connectivity index (χ4v) is 3.61. The van der Waals surface area contributed by atoms with E-state index in [0.29, 0.717) is 26.2 Å². The van der Waals surface area contributed by atoms with Crippen molar-refractivity contribution in [3.63, 3.8) is 0 Å². The summed E-state index contributed by atoms with van der Waals surface area (Å²) in [6.07, 6.45) is -0.191. The third-order valence-corrected chi connectivity index (χ3v) is 5.31. The van der Waals surface area contributed by atoms with Crippen molar-refractivity contribution >= 4 is 11.8 Å². The van der Waals surface area contributed by atoms with Crippen LogP contribution in [-0.2, 0) is 0 Å². The first-order valence-corrected chi connectivity index (χ1v) is 10.5. The number of nitrogens with one attached hydrogen (secondary N) is 1. The summed E-state index contributed by atoms with van der Waals surface area (Å²) in [7, 11) is 0. The summed E-state index contributed by atoms with van der Waals surface area (Å²) in [6.45, 7) is 9.83. The lowest BCUT2D eigenvalue weighted by molar-refractivity contribution is 0.0900. The van der Waals surface area contributed by atoms with Crippen LogP contribution in [0, 0.1) is 6.92 Å². The third-order valence-electron chi connectivity index (χ3n) is 5.31. The standard InChI is InChI=1S/C22H29N5O3/c1-15(2)21-24-16(3)12-20(25-21)26-8-10-27(11-9-26)22(28)23-13-17-14-29-18-6-4-5-7-19(18)30-17/h4-7,12,15,17H,8-11,13-14H2,1-3H3,(H,23,28). The molecule has 2 aliphatic heterocycles. The van der Waals surface area contributed by atoms with Crippen LogP contribution in [0.2, 0.25) is 0 Å². The van der Waals surface area contributed by atoms with Crippen LogP contribution in [-0.4, -0.2) is 66.3 Å². The van der Waals surface area contributed by atoms with Gasteiger partial charge in [0.2, 0.25) is 0 Å². The van der Waals surface area contributed by atoms with Gasteiger partial charge in [-0.05, 0) is 19.1 Å². The number of ether oxygens (including phenoxy) is 2. The van der Waals surface area contributed by atoms with Gasteiger partial charge in [0.25, 0.3) is 0 Å². The smallest absolute Gasteiger partial charge is 0.317 e. The second-order valence-corrected chi connectivity index (χ2v) is 8.04. The number of fused-ring (bicyclic) bond motifs is 1. The fourth-order valence-electron chi connectivity index (χ4n) is 3.61. The summed E-state index contributed by atoms with van der Waals surface area (Å²) in [5.41, 5.74) is 0.972. The SMILES string of the molecule is Cc1cc(N2CCN(C(=O)NCC3COc4ccccc4O3)CC2)nc(C(C)C)n1. The van der Waals surface area contributed by atoms with Crippen molar-refractivity contribution in [2.24, 2.45) is 0 Å². The van der Waals surface area contributed by atoms with Gasteiger partial charge in [0.1, 0.15) is 18.2 Å². The van der Waals surface area contributed by atoms with E-state index in [1.807, 2.05) is 42.2 Å². The number of para-hydroxylation sites is 2. The van der Waals surface area contributed by atoms with Gasteiger partial charge in [0, 0.05) is 43.9 Å². The first kappa shape index (κ1) is 20.3. The van der Waals surface area contributed by atoms with Gasteiger partial charge in [0.05, 0.1) is 6.54 Å². The van der Waals surface area contributed by atoms with E-state index in [4.69, 9.17) is 14.5 Å². The molecule has 8 heteroatoms. The highest BCUT2D eigenvalue weighted by molar-refractivity contribution is 5.74. The molecule has 0 bridgehead atoms. The molecular formula is C22H29N5O3. The molecule has 1 saturated heterocycles. The summed E-state index contributed by atoms with van der Waals surface area (Å²) in [5, 5.41) is 2.98. The Labute approximate surface area is 177 Å². The molecular weight excluding hydrogens is 382 g/mol. The topological polar surface area (TPSA) is 79.8 Å². The minimum atomic E-state index is -0.191. The molecule has 1 fully saturated rings. The Balaban J connectivity index is 1.27. The number of urea groups is 1. The van der Waals surface area contributed by atoms with Crippen molar-refractivity contribution in [1.29, 1.82) is 0 Å². The Kier molecular flexibility index (Phi) is 5.92. The Morgan fingerprint density at radius 2 is 1.90 bits per heavy atom. The summed E-state index contributed by atoms with van der Waals surface area (Å²) in [6, 6.07) is 9.52. The molecule has 0 aliphatic carbocycles. The molecule has 1 N–H and O–H groups in total. The summed E-state index contributed by atoms with van der Waals surface area (Å²) >= 11 is 0. The monoisotopic (exact) mass is 411 g/mol. The molecule has 0 radical (unpaired) electrons. The minimum absolute atomic E-state index is 0.0705. The molecule has 30 heavy (non-hydrogen) atoms. The molecule has 2 aromatic rings. The van der Waals surface area contributed by atoms with Gasteiger partial charge in [-0.2, -0.15) is 0 Å². The van der Waals surface area contributed by atoms with Gasteiger partial charge >= 0.3 is 6.03 Å². The van der Waals surface area contributed by atoms with Gasteiger partial charge in [-0.3, -0.25) is 0 Å². The van der Waals surface area contributed by atoms with E-state index in [0.717, 1.165) is 41.9 Å². The largest absolute Gasteiger partial charge is 0.486 e. The number of hydrogen-bond donors (Lipinski definition) is 1. The number of aryl methyl sites for hydroxylation is 1. The van der Waals surface area contributed by atoms with E-state index in [1.54, 1.807) is 0 Å². The van der Waals surface area contributed by atoms with Crippen molar-refractivity contribution in [2.75, 3.05) is 44.2 Å². The van der Waals surface area contributed by atoms with Gasteiger partial charge in [-0.25, -0.2) is 14.8 Å². The maximum atomic E-state index is 12.6. The number of aromatic nitrogens is 2. The van der Waals surface area contributed by atoms with Crippen LogP contribution in [0.15, 0.2) is 30.3 Å². The highest BCUT2D eigenvalue weighted by Crippen LogP contribution is 2.30. The number of amides is 2. The maximum absolute atomic E-state index is 12.6. The number of piperazine rings is 1. The van der Waals surface area contributed by atoms with Gasteiger partial charge in [-0.15, -0.1) is 0 Å². The van der Waals surface area contributed by atoms with Crippen LogP contribution in [0.25, 0.3) is 0 Å². The lowest BCUT2D eigenvalue weighted by atomic mass is 10.2. The predicted molar refractivity (Wildman–Crippen MR) is 114 cm³/mol. The van der Waals surface area contributed by atoms with E-state index in [9.17, 15) is 4.79 Å². The summed E-state index contributed by atoms with van der Waals surface area (Å²) in [4.78, 5) is 25.9. The third kappa shape index (κ3) is 4.58. The number of carbonyl (C=O) groups excluding carboxylic acids is 1. The highest BCUT2D eigenvalue weighted by atomic mass is 16.6. The molecule has 2 aliphatic rings.